The molecule has 106 valence electrons. The summed E-state index contributed by atoms with van der Waals surface area (Å²) in [6, 6.07) is 2.15. The van der Waals surface area contributed by atoms with Gasteiger partial charge in [-0.15, -0.1) is 0 Å². The van der Waals surface area contributed by atoms with Crippen LogP contribution in [0.3, 0.4) is 0 Å². The van der Waals surface area contributed by atoms with Crippen molar-refractivity contribution in [3.05, 3.63) is 11.8 Å². The van der Waals surface area contributed by atoms with Crippen LogP contribution in [0.1, 0.15) is 38.3 Å². The quantitative estimate of drug-likeness (QED) is 0.852. The van der Waals surface area contributed by atoms with Gasteiger partial charge in [0.2, 0.25) is 11.8 Å². The zero-order valence-corrected chi connectivity index (χ0v) is 11.9. The van der Waals surface area contributed by atoms with Crippen LogP contribution in [0, 0.1) is 12.8 Å². The van der Waals surface area contributed by atoms with Crippen molar-refractivity contribution >= 4 is 5.95 Å². The van der Waals surface area contributed by atoms with Gasteiger partial charge < -0.3 is 15.8 Å². The van der Waals surface area contributed by atoms with E-state index in [-0.39, 0.29) is 0 Å². The molecule has 0 spiro atoms. The Balaban J connectivity index is 1.94. The average molecular weight is 264 g/mol. The Morgan fingerprint density at radius 2 is 2.16 bits per heavy atom. The highest BCUT2D eigenvalue weighted by atomic mass is 16.5. The number of ether oxygens (including phenoxy) is 1. The van der Waals surface area contributed by atoms with Gasteiger partial charge >= 0.3 is 0 Å². The highest BCUT2D eigenvalue weighted by molar-refractivity contribution is 5.30. The maximum Gasteiger partial charge on any atom is 0.226 e. The molecule has 2 unspecified atom stereocenters. The topological polar surface area (TPSA) is 73.1 Å². The molecule has 2 rings (SSSR count). The summed E-state index contributed by atoms with van der Waals surface area (Å²) in [5.41, 5.74) is 7.06. The first kappa shape index (κ1) is 14.1. The van der Waals surface area contributed by atoms with Crippen LogP contribution in [-0.2, 0) is 0 Å². The Kier molecular flexibility index (Phi) is 4.96. The lowest BCUT2D eigenvalue weighted by Gasteiger charge is -2.28. The fourth-order valence-corrected chi connectivity index (χ4v) is 2.55. The van der Waals surface area contributed by atoms with E-state index in [9.17, 15) is 0 Å². The molecular weight excluding hydrogens is 240 g/mol. The van der Waals surface area contributed by atoms with Gasteiger partial charge in [0, 0.05) is 24.3 Å². The molecule has 1 aromatic rings. The lowest BCUT2D eigenvalue weighted by atomic mass is 9.85. The van der Waals surface area contributed by atoms with Gasteiger partial charge in [-0.2, -0.15) is 4.98 Å². The summed E-state index contributed by atoms with van der Waals surface area (Å²) in [5, 5.41) is 3.30. The van der Waals surface area contributed by atoms with E-state index in [0.717, 1.165) is 18.7 Å². The van der Waals surface area contributed by atoms with E-state index < -0.39 is 0 Å². The van der Waals surface area contributed by atoms with Crippen molar-refractivity contribution in [3.8, 4) is 5.88 Å². The molecule has 0 bridgehead atoms. The van der Waals surface area contributed by atoms with Gasteiger partial charge in [-0.3, -0.25) is 0 Å². The lowest BCUT2D eigenvalue weighted by Crippen LogP contribution is -2.37. The van der Waals surface area contributed by atoms with Gasteiger partial charge in [0.15, 0.2) is 0 Å². The predicted octanol–water partition coefficient (Wildman–Crippen LogP) is 2.11. The molecule has 1 aromatic heterocycles. The molecule has 0 saturated heterocycles. The largest absolute Gasteiger partial charge is 0.478 e. The van der Waals surface area contributed by atoms with Crippen molar-refractivity contribution in [1.29, 1.82) is 0 Å². The summed E-state index contributed by atoms with van der Waals surface area (Å²) in [6.45, 7) is 5.35. The van der Waals surface area contributed by atoms with Crippen LogP contribution < -0.4 is 15.8 Å². The number of aromatic nitrogens is 2. The second-order valence-electron chi connectivity index (χ2n) is 5.19. The minimum atomic E-state index is 0.303. The third-order valence-corrected chi connectivity index (χ3v) is 3.61. The number of hydrogen-bond donors (Lipinski definition) is 2. The zero-order valence-electron chi connectivity index (χ0n) is 11.9. The van der Waals surface area contributed by atoms with Crippen LogP contribution in [0.5, 0.6) is 5.88 Å². The molecule has 5 heteroatoms. The Hall–Kier alpha value is -1.36. The van der Waals surface area contributed by atoms with Crippen molar-refractivity contribution < 1.29 is 4.74 Å². The summed E-state index contributed by atoms with van der Waals surface area (Å²) < 4.78 is 5.42. The van der Waals surface area contributed by atoms with E-state index in [0.29, 0.717) is 30.4 Å². The van der Waals surface area contributed by atoms with Crippen LogP contribution in [0.4, 0.5) is 5.95 Å². The predicted molar refractivity (Wildman–Crippen MR) is 76.4 cm³/mol. The number of aryl methyl sites for hydroxylation is 1. The average Bonchev–Trinajstić information content (AvgIpc) is 2.37. The van der Waals surface area contributed by atoms with E-state index in [2.05, 4.69) is 15.3 Å². The monoisotopic (exact) mass is 264 g/mol. The Labute approximate surface area is 115 Å². The van der Waals surface area contributed by atoms with E-state index in [1.54, 1.807) is 0 Å². The Morgan fingerprint density at radius 1 is 1.37 bits per heavy atom. The van der Waals surface area contributed by atoms with E-state index >= 15 is 0 Å². The maximum absolute atomic E-state index is 6.15. The molecule has 0 aliphatic heterocycles. The highest BCUT2D eigenvalue weighted by Crippen LogP contribution is 2.23. The van der Waals surface area contributed by atoms with Crippen LogP contribution in [0.15, 0.2) is 6.07 Å². The van der Waals surface area contributed by atoms with Crippen molar-refractivity contribution in [2.45, 2.75) is 45.6 Å². The minimum Gasteiger partial charge on any atom is -0.478 e. The first-order valence-electron chi connectivity index (χ1n) is 7.17. The molecule has 1 aliphatic carbocycles. The smallest absolute Gasteiger partial charge is 0.226 e. The SMILES string of the molecule is CCOc1cc(C)nc(NCC2CCCCC2N)n1. The van der Waals surface area contributed by atoms with Crippen LogP contribution in [0.2, 0.25) is 0 Å². The zero-order chi connectivity index (χ0) is 13.7. The first-order valence-corrected chi connectivity index (χ1v) is 7.17. The molecular formula is C14H24N4O. The van der Waals surface area contributed by atoms with Gasteiger partial charge in [-0.05, 0) is 32.6 Å². The molecule has 1 saturated carbocycles. The summed E-state index contributed by atoms with van der Waals surface area (Å²) in [6.07, 6.45) is 4.86. The molecule has 5 nitrogen and oxygen atoms in total. The number of anilines is 1. The number of nitrogens with zero attached hydrogens (tertiary/aromatic N) is 2. The number of hydrogen-bond acceptors (Lipinski definition) is 5. The molecule has 1 aliphatic rings. The normalized spacial score (nSPS) is 23.1. The summed E-state index contributed by atoms with van der Waals surface area (Å²) in [5.74, 6) is 1.79. The van der Waals surface area contributed by atoms with Crippen LogP contribution in [0.25, 0.3) is 0 Å². The van der Waals surface area contributed by atoms with E-state index in [4.69, 9.17) is 10.5 Å². The van der Waals surface area contributed by atoms with Crippen LogP contribution >= 0.6 is 0 Å². The van der Waals surface area contributed by atoms with Crippen molar-refractivity contribution in [1.82, 2.24) is 9.97 Å². The van der Waals surface area contributed by atoms with Gasteiger partial charge in [0.25, 0.3) is 0 Å². The fourth-order valence-electron chi connectivity index (χ4n) is 2.55. The van der Waals surface area contributed by atoms with Crippen molar-refractivity contribution in [2.75, 3.05) is 18.5 Å². The Bertz CT molecular complexity index is 410. The van der Waals surface area contributed by atoms with Crippen molar-refractivity contribution in [3.63, 3.8) is 0 Å². The fraction of sp³-hybridized carbons (Fsp3) is 0.714. The molecule has 1 heterocycles. The highest BCUT2D eigenvalue weighted by Gasteiger charge is 2.21. The van der Waals surface area contributed by atoms with Gasteiger partial charge in [0.1, 0.15) is 0 Å². The summed E-state index contributed by atoms with van der Waals surface area (Å²) in [4.78, 5) is 8.73. The Morgan fingerprint density at radius 3 is 2.89 bits per heavy atom. The number of nitrogens with one attached hydrogen (secondary N) is 1. The van der Waals surface area contributed by atoms with Gasteiger partial charge in [-0.1, -0.05) is 12.8 Å². The van der Waals surface area contributed by atoms with Gasteiger partial charge in [0.05, 0.1) is 6.61 Å². The van der Waals surface area contributed by atoms with E-state index in [1.165, 1.54) is 19.3 Å². The van der Waals surface area contributed by atoms with Crippen LogP contribution in [-0.4, -0.2) is 29.2 Å². The summed E-state index contributed by atoms with van der Waals surface area (Å²) in [7, 11) is 0. The second-order valence-corrected chi connectivity index (χ2v) is 5.19. The third-order valence-electron chi connectivity index (χ3n) is 3.61. The second kappa shape index (κ2) is 6.70. The molecule has 0 amide bonds. The van der Waals surface area contributed by atoms with Gasteiger partial charge in [-0.25, -0.2) is 4.98 Å². The minimum absolute atomic E-state index is 0.303. The third kappa shape index (κ3) is 4.06. The summed E-state index contributed by atoms with van der Waals surface area (Å²) >= 11 is 0. The standard InChI is InChI=1S/C14H24N4O/c1-3-19-13-8-10(2)17-14(18-13)16-9-11-6-4-5-7-12(11)15/h8,11-12H,3-7,9,15H2,1-2H3,(H,16,17,18). The molecule has 2 atom stereocenters. The number of rotatable bonds is 5. The molecule has 0 aromatic carbocycles. The first-order chi connectivity index (χ1) is 9.19. The molecule has 3 N–H and O–H groups in total. The number of nitrogens with two attached hydrogens (primary N) is 1. The lowest BCUT2D eigenvalue weighted by molar-refractivity contribution is 0.319. The van der Waals surface area contributed by atoms with E-state index in [1.807, 2.05) is 19.9 Å². The molecule has 19 heavy (non-hydrogen) atoms. The van der Waals surface area contributed by atoms with Crippen molar-refractivity contribution in [2.24, 2.45) is 11.7 Å². The molecule has 1 fully saturated rings. The molecule has 0 radical (unpaired) electrons. The maximum atomic E-state index is 6.15.